The molecule has 0 heterocycles. The quantitative estimate of drug-likeness (QED) is 0.507. The zero-order valence-electron chi connectivity index (χ0n) is 7.77. The first-order valence-corrected chi connectivity index (χ1v) is 4.57. The van der Waals surface area contributed by atoms with Gasteiger partial charge in [0, 0.05) is 13.2 Å². The van der Waals surface area contributed by atoms with Crippen LogP contribution in [0.4, 0.5) is 0 Å². The molecule has 0 amide bonds. The fourth-order valence-corrected chi connectivity index (χ4v) is 0.713. The molecule has 0 aromatic carbocycles. The Bertz CT molecular complexity index is 56.6. The summed E-state index contributed by atoms with van der Waals surface area (Å²) in [5, 5.41) is 0. The van der Waals surface area contributed by atoms with Crippen molar-refractivity contribution in [2.45, 2.75) is 33.1 Å². The van der Waals surface area contributed by atoms with Crippen LogP contribution in [0.5, 0.6) is 0 Å². The van der Waals surface area contributed by atoms with E-state index in [-0.39, 0.29) is 0 Å². The molecule has 0 aliphatic rings. The normalized spacial score (nSPS) is 10.4. The monoisotopic (exact) mass is 160 g/mol. The van der Waals surface area contributed by atoms with Gasteiger partial charge in [0.15, 0.2) is 0 Å². The van der Waals surface area contributed by atoms with E-state index in [0.717, 1.165) is 39.3 Å². The average Bonchev–Trinajstić information content (AvgIpc) is 2.03. The van der Waals surface area contributed by atoms with Crippen LogP contribution in [0.1, 0.15) is 33.1 Å². The highest BCUT2D eigenvalue weighted by molar-refractivity contribution is 4.33. The van der Waals surface area contributed by atoms with E-state index in [1.807, 2.05) is 0 Å². The highest BCUT2D eigenvalue weighted by Crippen LogP contribution is 1.88. The van der Waals surface area contributed by atoms with Gasteiger partial charge in [0.1, 0.15) is 0 Å². The van der Waals surface area contributed by atoms with Gasteiger partial charge in [-0.1, -0.05) is 20.3 Å². The van der Waals surface area contributed by atoms with Gasteiger partial charge in [0.05, 0.1) is 13.2 Å². The van der Waals surface area contributed by atoms with Crippen molar-refractivity contribution in [2.24, 2.45) is 0 Å². The fraction of sp³-hybridized carbons (Fsp3) is 1.00. The number of unbranched alkanes of at least 4 members (excludes halogenated alkanes) is 1. The van der Waals surface area contributed by atoms with Crippen LogP contribution in [-0.4, -0.2) is 26.4 Å². The molecule has 2 heteroatoms. The Morgan fingerprint density at radius 2 is 1.36 bits per heavy atom. The fourth-order valence-electron chi connectivity index (χ4n) is 0.713. The molecule has 0 aliphatic carbocycles. The Morgan fingerprint density at radius 1 is 0.727 bits per heavy atom. The molecule has 0 atom stereocenters. The predicted molar refractivity (Wildman–Crippen MR) is 46.8 cm³/mol. The standard InChI is InChI=1S/C9H20O2/c1-3-5-7-11-9-8-10-6-4-2/h3-9H2,1-2H3. The van der Waals surface area contributed by atoms with Crippen LogP contribution in [0.2, 0.25) is 0 Å². The molecule has 0 saturated carbocycles. The summed E-state index contributed by atoms with van der Waals surface area (Å²) in [4.78, 5) is 0. The number of hydrogen-bond donors (Lipinski definition) is 0. The third-order valence-electron chi connectivity index (χ3n) is 1.36. The Labute approximate surface area is 69.9 Å². The molecule has 0 saturated heterocycles. The van der Waals surface area contributed by atoms with Crippen LogP contribution in [0.15, 0.2) is 0 Å². The van der Waals surface area contributed by atoms with Crippen molar-refractivity contribution in [3.8, 4) is 0 Å². The third kappa shape index (κ3) is 9.92. The second-order valence-electron chi connectivity index (χ2n) is 2.58. The first kappa shape index (κ1) is 10.9. The maximum atomic E-state index is 5.30. The molecule has 0 aromatic heterocycles. The van der Waals surface area contributed by atoms with Crippen LogP contribution in [0.25, 0.3) is 0 Å². The van der Waals surface area contributed by atoms with Gasteiger partial charge in [-0.25, -0.2) is 0 Å². The lowest BCUT2D eigenvalue weighted by Gasteiger charge is -2.03. The molecule has 11 heavy (non-hydrogen) atoms. The third-order valence-corrected chi connectivity index (χ3v) is 1.36. The van der Waals surface area contributed by atoms with Crippen molar-refractivity contribution in [1.29, 1.82) is 0 Å². The zero-order chi connectivity index (χ0) is 8.36. The van der Waals surface area contributed by atoms with Crippen molar-refractivity contribution in [1.82, 2.24) is 0 Å². The maximum Gasteiger partial charge on any atom is 0.0700 e. The van der Waals surface area contributed by atoms with Gasteiger partial charge in [0.2, 0.25) is 0 Å². The van der Waals surface area contributed by atoms with Gasteiger partial charge >= 0.3 is 0 Å². The molecule has 0 aromatic rings. The highest BCUT2D eigenvalue weighted by atomic mass is 16.5. The number of hydrogen-bond acceptors (Lipinski definition) is 2. The average molecular weight is 160 g/mol. The van der Waals surface area contributed by atoms with Crippen molar-refractivity contribution in [3.63, 3.8) is 0 Å². The summed E-state index contributed by atoms with van der Waals surface area (Å²) in [5.74, 6) is 0. The van der Waals surface area contributed by atoms with Gasteiger partial charge in [0.25, 0.3) is 0 Å². The Kier molecular flexibility index (Phi) is 9.85. The molecule has 0 spiro atoms. The molecular weight excluding hydrogens is 140 g/mol. The van der Waals surface area contributed by atoms with E-state index in [1.54, 1.807) is 0 Å². The van der Waals surface area contributed by atoms with Crippen molar-refractivity contribution in [2.75, 3.05) is 26.4 Å². The summed E-state index contributed by atoms with van der Waals surface area (Å²) < 4.78 is 10.5. The lowest BCUT2D eigenvalue weighted by Crippen LogP contribution is -2.05. The minimum atomic E-state index is 0.748. The van der Waals surface area contributed by atoms with Gasteiger partial charge in [-0.05, 0) is 12.8 Å². The SMILES string of the molecule is CCCCOCCOCCC. The van der Waals surface area contributed by atoms with E-state index in [2.05, 4.69) is 13.8 Å². The number of ether oxygens (including phenoxy) is 2. The summed E-state index contributed by atoms with van der Waals surface area (Å²) in [6.45, 7) is 7.51. The van der Waals surface area contributed by atoms with E-state index in [4.69, 9.17) is 9.47 Å². The van der Waals surface area contributed by atoms with E-state index < -0.39 is 0 Å². The van der Waals surface area contributed by atoms with Gasteiger partial charge in [-0.15, -0.1) is 0 Å². The van der Waals surface area contributed by atoms with Crippen LogP contribution < -0.4 is 0 Å². The van der Waals surface area contributed by atoms with Crippen molar-refractivity contribution >= 4 is 0 Å². The highest BCUT2D eigenvalue weighted by Gasteiger charge is 1.87. The molecule has 68 valence electrons. The molecule has 2 nitrogen and oxygen atoms in total. The topological polar surface area (TPSA) is 18.5 Å². The first-order valence-electron chi connectivity index (χ1n) is 4.57. The van der Waals surface area contributed by atoms with E-state index in [1.165, 1.54) is 6.42 Å². The smallest absolute Gasteiger partial charge is 0.0700 e. The minimum Gasteiger partial charge on any atom is -0.379 e. The van der Waals surface area contributed by atoms with Crippen LogP contribution >= 0.6 is 0 Å². The lowest BCUT2D eigenvalue weighted by molar-refractivity contribution is 0.0470. The molecule has 0 bridgehead atoms. The lowest BCUT2D eigenvalue weighted by atomic mass is 10.4. The predicted octanol–water partition coefficient (Wildman–Crippen LogP) is 2.23. The van der Waals surface area contributed by atoms with Crippen LogP contribution in [0.3, 0.4) is 0 Å². The van der Waals surface area contributed by atoms with E-state index >= 15 is 0 Å². The second-order valence-corrected chi connectivity index (χ2v) is 2.58. The molecule has 0 unspecified atom stereocenters. The van der Waals surface area contributed by atoms with Crippen molar-refractivity contribution in [3.05, 3.63) is 0 Å². The Balaban J connectivity index is 2.69. The summed E-state index contributed by atoms with van der Waals surface area (Å²) in [6.07, 6.45) is 3.46. The zero-order valence-corrected chi connectivity index (χ0v) is 7.77. The Hall–Kier alpha value is -0.0800. The molecule has 0 aliphatic heterocycles. The molecular formula is C9H20O2. The van der Waals surface area contributed by atoms with Crippen LogP contribution in [-0.2, 0) is 9.47 Å². The van der Waals surface area contributed by atoms with E-state index in [9.17, 15) is 0 Å². The molecule has 0 radical (unpaired) electrons. The molecule has 0 N–H and O–H groups in total. The van der Waals surface area contributed by atoms with Crippen molar-refractivity contribution < 1.29 is 9.47 Å². The minimum absolute atomic E-state index is 0.748. The summed E-state index contributed by atoms with van der Waals surface area (Å²) in [6, 6.07) is 0. The van der Waals surface area contributed by atoms with Gasteiger partial charge in [-0.2, -0.15) is 0 Å². The maximum absolute atomic E-state index is 5.30. The van der Waals surface area contributed by atoms with E-state index in [0.29, 0.717) is 0 Å². The second kappa shape index (κ2) is 9.92. The molecule has 0 rings (SSSR count). The number of rotatable bonds is 8. The van der Waals surface area contributed by atoms with Crippen LogP contribution in [0, 0.1) is 0 Å². The summed E-state index contributed by atoms with van der Waals surface area (Å²) in [7, 11) is 0. The van der Waals surface area contributed by atoms with Gasteiger partial charge in [-0.3, -0.25) is 0 Å². The summed E-state index contributed by atoms with van der Waals surface area (Å²) >= 11 is 0. The van der Waals surface area contributed by atoms with Gasteiger partial charge < -0.3 is 9.47 Å². The largest absolute Gasteiger partial charge is 0.379 e. The summed E-state index contributed by atoms with van der Waals surface area (Å²) in [5.41, 5.74) is 0. The Morgan fingerprint density at radius 3 is 1.91 bits per heavy atom. The molecule has 0 fully saturated rings. The first-order chi connectivity index (χ1) is 5.41.